The van der Waals surface area contributed by atoms with Gasteiger partial charge in [0.1, 0.15) is 10.8 Å². The Morgan fingerprint density at radius 1 is 1.39 bits per heavy atom. The van der Waals surface area contributed by atoms with Crippen molar-refractivity contribution in [2.75, 3.05) is 6.61 Å². The van der Waals surface area contributed by atoms with Gasteiger partial charge in [0.2, 0.25) is 0 Å². The third-order valence-electron chi connectivity index (χ3n) is 2.93. The molecule has 3 rings (SSSR count). The lowest BCUT2D eigenvalue weighted by molar-refractivity contribution is 0.112. The van der Waals surface area contributed by atoms with E-state index in [1.807, 2.05) is 24.3 Å². The van der Waals surface area contributed by atoms with Crippen LogP contribution in [-0.2, 0) is 0 Å². The second-order valence-electron chi connectivity index (χ2n) is 4.44. The van der Waals surface area contributed by atoms with Crippen LogP contribution in [0.15, 0.2) is 30.5 Å². The van der Waals surface area contributed by atoms with Gasteiger partial charge in [0, 0.05) is 6.20 Å². The molecular weight excluding hydrogens is 246 g/mol. The average Bonchev–Trinajstić information content (AvgIpc) is 3.12. The fourth-order valence-corrected chi connectivity index (χ4v) is 2.49. The van der Waals surface area contributed by atoms with Gasteiger partial charge in [-0.15, -0.1) is 11.3 Å². The maximum Gasteiger partial charge on any atom is 0.161 e. The molecule has 1 aliphatic rings. The van der Waals surface area contributed by atoms with Crippen LogP contribution in [0.25, 0.3) is 10.6 Å². The van der Waals surface area contributed by atoms with Crippen LogP contribution in [0.2, 0.25) is 0 Å². The van der Waals surface area contributed by atoms with Gasteiger partial charge in [0.05, 0.1) is 17.0 Å². The molecule has 0 bridgehead atoms. The molecule has 1 fully saturated rings. The van der Waals surface area contributed by atoms with Crippen molar-refractivity contribution >= 4 is 17.6 Å². The fourth-order valence-electron chi connectivity index (χ4n) is 1.73. The Kier molecular flexibility index (Phi) is 3.11. The summed E-state index contributed by atoms with van der Waals surface area (Å²) in [6.45, 7) is 0.781. The minimum atomic E-state index is 0.641. The number of rotatable bonds is 5. The first kappa shape index (κ1) is 11.4. The van der Waals surface area contributed by atoms with Gasteiger partial charge in [-0.25, -0.2) is 4.98 Å². The number of benzene rings is 1. The van der Waals surface area contributed by atoms with Crippen molar-refractivity contribution in [2.24, 2.45) is 5.92 Å². The number of ether oxygens (including phenoxy) is 1. The first-order valence-electron chi connectivity index (χ1n) is 6.00. The van der Waals surface area contributed by atoms with Gasteiger partial charge in [-0.2, -0.15) is 0 Å². The molecule has 2 aromatic rings. The Morgan fingerprint density at radius 3 is 2.94 bits per heavy atom. The number of para-hydroxylation sites is 1. The summed E-state index contributed by atoms with van der Waals surface area (Å²) in [5, 5.41) is 0.837. The van der Waals surface area contributed by atoms with Crippen LogP contribution >= 0.6 is 11.3 Å². The van der Waals surface area contributed by atoms with Crippen LogP contribution in [0.4, 0.5) is 0 Å². The molecule has 1 heterocycles. The van der Waals surface area contributed by atoms with E-state index in [0.717, 1.165) is 35.1 Å². The van der Waals surface area contributed by atoms with E-state index in [1.165, 1.54) is 24.2 Å². The molecule has 92 valence electrons. The molecule has 3 nitrogen and oxygen atoms in total. The summed E-state index contributed by atoms with van der Waals surface area (Å²) in [5.41, 5.74) is 0.969. The Hall–Kier alpha value is -1.68. The molecule has 1 saturated carbocycles. The molecule has 0 radical (unpaired) electrons. The highest BCUT2D eigenvalue weighted by molar-refractivity contribution is 7.16. The highest BCUT2D eigenvalue weighted by Crippen LogP contribution is 2.35. The minimum Gasteiger partial charge on any atom is -0.493 e. The Labute approximate surface area is 109 Å². The van der Waals surface area contributed by atoms with Crippen molar-refractivity contribution < 1.29 is 9.53 Å². The number of aldehydes is 1. The number of hydrogen-bond donors (Lipinski definition) is 0. The van der Waals surface area contributed by atoms with Crippen LogP contribution in [0, 0.1) is 5.92 Å². The molecule has 0 saturated heterocycles. The van der Waals surface area contributed by atoms with E-state index in [-0.39, 0.29) is 0 Å². The third kappa shape index (κ3) is 2.43. The normalized spacial score (nSPS) is 14.4. The van der Waals surface area contributed by atoms with Gasteiger partial charge in [0.15, 0.2) is 6.29 Å². The lowest BCUT2D eigenvalue weighted by Crippen LogP contribution is -1.99. The first-order chi connectivity index (χ1) is 8.86. The summed E-state index contributed by atoms with van der Waals surface area (Å²) >= 11 is 1.39. The van der Waals surface area contributed by atoms with E-state index in [2.05, 4.69) is 4.98 Å². The summed E-state index contributed by atoms with van der Waals surface area (Å²) < 4.78 is 5.84. The molecule has 0 atom stereocenters. The predicted octanol–water partition coefficient (Wildman–Crippen LogP) is 3.41. The van der Waals surface area contributed by atoms with Gasteiger partial charge in [0.25, 0.3) is 0 Å². The number of carbonyl (C=O) groups is 1. The number of thiazole rings is 1. The summed E-state index contributed by atoms with van der Waals surface area (Å²) in [5.74, 6) is 1.58. The molecule has 1 aromatic heterocycles. The van der Waals surface area contributed by atoms with Crippen molar-refractivity contribution in [1.29, 1.82) is 0 Å². The summed E-state index contributed by atoms with van der Waals surface area (Å²) in [7, 11) is 0. The maximum absolute atomic E-state index is 10.7. The number of hydrogen-bond acceptors (Lipinski definition) is 4. The monoisotopic (exact) mass is 259 g/mol. The van der Waals surface area contributed by atoms with E-state index in [1.54, 1.807) is 6.20 Å². The van der Waals surface area contributed by atoms with Crippen LogP contribution in [0.5, 0.6) is 5.75 Å². The summed E-state index contributed by atoms with van der Waals surface area (Å²) in [6.07, 6.45) is 4.98. The molecule has 0 unspecified atom stereocenters. The van der Waals surface area contributed by atoms with Gasteiger partial charge in [-0.05, 0) is 30.9 Å². The number of aromatic nitrogens is 1. The van der Waals surface area contributed by atoms with Crippen LogP contribution in [0.1, 0.15) is 22.5 Å². The highest BCUT2D eigenvalue weighted by Gasteiger charge is 2.22. The van der Waals surface area contributed by atoms with Gasteiger partial charge < -0.3 is 4.74 Å². The molecule has 1 aliphatic carbocycles. The van der Waals surface area contributed by atoms with E-state index in [9.17, 15) is 4.79 Å². The zero-order chi connectivity index (χ0) is 12.4. The van der Waals surface area contributed by atoms with Gasteiger partial charge >= 0.3 is 0 Å². The predicted molar refractivity (Wildman–Crippen MR) is 71.2 cm³/mol. The Balaban J connectivity index is 1.86. The lowest BCUT2D eigenvalue weighted by Gasteiger charge is -2.08. The second kappa shape index (κ2) is 4.90. The molecule has 1 aromatic carbocycles. The summed E-state index contributed by atoms with van der Waals surface area (Å²) in [6, 6.07) is 7.86. The molecular formula is C14H13NO2S. The topological polar surface area (TPSA) is 39.2 Å². The van der Waals surface area contributed by atoms with Gasteiger partial charge in [-0.3, -0.25) is 4.79 Å². The van der Waals surface area contributed by atoms with Crippen LogP contribution in [-0.4, -0.2) is 17.9 Å². The van der Waals surface area contributed by atoms with Gasteiger partial charge in [-0.1, -0.05) is 12.1 Å². The van der Waals surface area contributed by atoms with Crippen LogP contribution < -0.4 is 4.74 Å². The van der Waals surface area contributed by atoms with Crippen LogP contribution in [0.3, 0.4) is 0 Å². The third-order valence-corrected chi connectivity index (χ3v) is 3.88. The number of nitrogens with zero attached hydrogens (tertiary/aromatic N) is 1. The molecule has 0 amide bonds. The second-order valence-corrected chi connectivity index (χ2v) is 5.50. The smallest absolute Gasteiger partial charge is 0.161 e. The Bertz CT molecular complexity index is 560. The quantitative estimate of drug-likeness (QED) is 0.772. The maximum atomic E-state index is 10.7. The molecule has 4 heteroatoms. The van der Waals surface area contributed by atoms with E-state index in [4.69, 9.17) is 4.74 Å². The van der Waals surface area contributed by atoms with Crippen molar-refractivity contribution in [3.8, 4) is 16.3 Å². The number of carbonyl (C=O) groups excluding carboxylic acids is 1. The SMILES string of the molecule is O=Cc1cnc(-c2ccccc2OCC2CC2)s1. The van der Waals surface area contributed by atoms with Crippen molar-refractivity contribution in [1.82, 2.24) is 4.98 Å². The largest absolute Gasteiger partial charge is 0.493 e. The van der Waals surface area contributed by atoms with Crippen molar-refractivity contribution in [2.45, 2.75) is 12.8 Å². The first-order valence-corrected chi connectivity index (χ1v) is 6.81. The van der Waals surface area contributed by atoms with E-state index >= 15 is 0 Å². The molecule has 18 heavy (non-hydrogen) atoms. The summed E-state index contributed by atoms with van der Waals surface area (Å²) in [4.78, 5) is 15.6. The fraction of sp³-hybridized carbons (Fsp3) is 0.286. The lowest BCUT2D eigenvalue weighted by atomic mass is 10.2. The molecule has 0 spiro atoms. The van der Waals surface area contributed by atoms with E-state index < -0.39 is 0 Å². The average molecular weight is 259 g/mol. The minimum absolute atomic E-state index is 0.641. The van der Waals surface area contributed by atoms with Crippen molar-refractivity contribution in [3.05, 3.63) is 35.3 Å². The van der Waals surface area contributed by atoms with Crippen molar-refractivity contribution in [3.63, 3.8) is 0 Å². The zero-order valence-corrected chi connectivity index (χ0v) is 10.7. The molecule has 0 aliphatic heterocycles. The molecule has 0 N–H and O–H groups in total. The zero-order valence-electron chi connectivity index (χ0n) is 9.83. The Morgan fingerprint density at radius 2 is 2.22 bits per heavy atom. The highest BCUT2D eigenvalue weighted by atomic mass is 32.1. The van der Waals surface area contributed by atoms with E-state index in [0.29, 0.717) is 4.88 Å². The standard InChI is InChI=1S/C14H13NO2S/c16-8-11-7-15-14(18-11)12-3-1-2-4-13(12)17-9-10-5-6-10/h1-4,7-8,10H,5-6,9H2.